The molecule has 0 bridgehead atoms. The van der Waals surface area contributed by atoms with Gasteiger partial charge in [-0.2, -0.15) is 0 Å². The summed E-state index contributed by atoms with van der Waals surface area (Å²) in [5.74, 6) is 0.622. The zero-order valence-corrected chi connectivity index (χ0v) is 25.0. The minimum Gasteiger partial charge on any atom is -0.490 e. The summed E-state index contributed by atoms with van der Waals surface area (Å²) in [7, 11) is 1.65. The van der Waals surface area contributed by atoms with Crippen LogP contribution in [-0.4, -0.2) is 72.7 Å². The van der Waals surface area contributed by atoms with Crippen LogP contribution in [0.4, 0.5) is 5.69 Å². The molecular formula is C30H38ClN5O3S. The molecule has 2 saturated heterocycles. The van der Waals surface area contributed by atoms with Crippen molar-refractivity contribution in [1.82, 2.24) is 19.8 Å². The van der Waals surface area contributed by atoms with Crippen molar-refractivity contribution in [3.05, 3.63) is 76.3 Å². The number of anilines is 1. The topological polar surface area (TPSA) is 64.0 Å². The highest BCUT2D eigenvalue weighted by Gasteiger charge is 2.42. The van der Waals surface area contributed by atoms with Gasteiger partial charge in [0, 0.05) is 56.6 Å². The number of benzene rings is 1. The predicted octanol–water partition coefficient (Wildman–Crippen LogP) is 5.08. The van der Waals surface area contributed by atoms with Gasteiger partial charge in [-0.05, 0) is 74.4 Å². The van der Waals surface area contributed by atoms with E-state index in [1.54, 1.807) is 7.11 Å². The molecule has 2 aliphatic rings. The van der Waals surface area contributed by atoms with Gasteiger partial charge in [0.15, 0.2) is 5.11 Å². The number of thiocarbonyl (C=S) groups is 1. The maximum atomic E-state index is 6.68. The molecule has 10 heteroatoms. The van der Waals surface area contributed by atoms with Crippen molar-refractivity contribution in [2.75, 3.05) is 58.1 Å². The Morgan fingerprint density at radius 1 is 1.10 bits per heavy atom. The number of hydrogen-bond donors (Lipinski definition) is 1. The lowest BCUT2D eigenvalue weighted by Gasteiger charge is -2.29. The molecule has 2 aliphatic heterocycles. The van der Waals surface area contributed by atoms with Crippen LogP contribution in [0.1, 0.15) is 41.1 Å². The maximum Gasteiger partial charge on any atom is 0.174 e. The van der Waals surface area contributed by atoms with Gasteiger partial charge in [-0.1, -0.05) is 17.7 Å². The molecular weight excluding hydrogens is 546 g/mol. The first-order valence-electron chi connectivity index (χ1n) is 13.9. The third-order valence-electron chi connectivity index (χ3n) is 7.73. The zero-order valence-electron chi connectivity index (χ0n) is 23.4. The summed E-state index contributed by atoms with van der Waals surface area (Å²) in [6, 6.07) is 13.9. The lowest BCUT2D eigenvalue weighted by Crippen LogP contribution is -2.37. The molecule has 0 saturated carbocycles. The number of hydrogen-bond acceptors (Lipinski definition) is 6. The Morgan fingerprint density at radius 3 is 2.65 bits per heavy atom. The van der Waals surface area contributed by atoms with Gasteiger partial charge in [0.2, 0.25) is 0 Å². The Morgan fingerprint density at radius 2 is 1.93 bits per heavy atom. The summed E-state index contributed by atoms with van der Waals surface area (Å²) in [4.78, 5) is 9.36. The number of aryl methyl sites for hydroxylation is 1. The highest BCUT2D eigenvalue weighted by Crippen LogP contribution is 2.44. The normalized spacial score (nSPS) is 19.7. The van der Waals surface area contributed by atoms with E-state index in [2.05, 4.69) is 45.7 Å². The Hall–Kier alpha value is -2.69. The van der Waals surface area contributed by atoms with Gasteiger partial charge in [-0.3, -0.25) is 9.88 Å². The summed E-state index contributed by atoms with van der Waals surface area (Å²) < 4.78 is 18.8. The van der Waals surface area contributed by atoms with Crippen molar-refractivity contribution in [2.45, 2.75) is 38.9 Å². The number of pyridine rings is 1. The lowest BCUT2D eigenvalue weighted by atomic mass is 9.96. The molecule has 0 aliphatic carbocycles. The van der Waals surface area contributed by atoms with Crippen LogP contribution in [-0.2, 0) is 16.0 Å². The van der Waals surface area contributed by atoms with Crippen LogP contribution in [0.2, 0.25) is 5.02 Å². The van der Waals surface area contributed by atoms with E-state index in [0.29, 0.717) is 29.1 Å². The fraction of sp³-hybridized carbons (Fsp3) is 0.467. The number of nitrogens with zero attached hydrogens (tertiary/aromatic N) is 4. The minimum absolute atomic E-state index is 0.0991. The van der Waals surface area contributed by atoms with Gasteiger partial charge < -0.3 is 29.0 Å². The fourth-order valence-corrected chi connectivity index (χ4v) is 6.26. The number of aromatic nitrogens is 2. The Balaban J connectivity index is 1.45. The highest BCUT2D eigenvalue weighted by molar-refractivity contribution is 7.80. The molecule has 0 amide bonds. The van der Waals surface area contributed by atoms with E-state index in [9.17, 15) is 0 Å². The molecule has 8 nitrogen and oxygen atoms in total. The molecule has 3 aromatic rings. The molecule has 0 radical (unpaired) electrons. The molecule has 2 aromatic heterocycles. The summed E-state index contributed by atoms with van der Waals surface area (Å²) >= 11 is 12.6. The van der Waals surface area contributed by atoms with Crippen molar-refractivity contribution in [3.63, 3.8) is 0 Å². The van der Waals surface area contributed by atoms with Gasteiger partial charge in [-0.25, -0.2) is 0 Å². The molecule has 214 valence electrons. The predicted molar refractivity (Wildman–Crippen MR) is 163 cm³/mol. The van der Waals surface area contributed by atoms with Gasteiger partial charge in [0.1, 0.15) is 12.4 Å². The Labute approximate surface area is 247 Å². The average Bonchev–Trinajstić information content (AvgIpc) is 3.45. The van der Waals surface area contributed by atoms with Gasteiger partial charge in [0.05, 0.1) is 42.6 Å². The molecule has 1 N–H and O–H groups in total. The van der Waals surface area contributed by atoms with Crippen molar-refractivity contribution < 1.29 is 14.2 Å². The number of methoxy groups -OCH3 is 1. The van der Waals surface area contributed by atoms with Crippen LogP contribution in [0.15, 0.2) is 48.7 Å². The number of nitrogens with one attached hydrogen (secondary N) is 1. The van der Waals surface area contributed by atoms with E-state index >= 15 is 0 Å². The molecule has 5 rings (SSSR count). The van der Waals surface area contributed by atoms with E-state index in [-0.39, 0.29) is 12.1 Å². The summed E-state index contributed by atoms with van der Waals surface area (Å²) in [5, 5.41) is 4.73. The lowest BCUT2D eigenvalue weighted by molar-refractivity contribution is 0.0369. The van der Waals surface area contributed by atoms with E-state index in [1.165, 1.54) is 17.0 Å². The third kappa shape index (κ3) is 6.29. The van der Waals surface area contributed by atoms with E-state index < -0.39 is 0 Å². The molecule has 2 fully saturated rings. The molecule has 4 heterocycles. The van der Waals surface area contributed by atoms with Gasteiger partial charge >= 0.3 is 0 Å². The van der Waals surface area contributed by atoms with Crippen LogP contribution in [0.3, 0.4) is 0 Å². The monoisotopic (exact) mass is 583 g/mol. The molecule has 0 spiro atoms. The number of morpholine rings is 1. The second-order valence-electron chi connectivity index (χ2n) is 10.2. The first-order chi connectivity index (χ1) is 19.5. The fourth-order valence-electron chi connectivity index (χ4n) is 5.69. The third-order valence-corrected chi connectivity index (χ3v) is 8.34. The minimum atomic E-state index is -0.118. The van der Waals surface area contributed by atoms with Crippen molar-refractivity contribution in [2.24, 2.45) is 0 Å². The number of halogens is 1. The van der Waals surface area contributed by atoms with Crippen molar-refractivity contribution in [1.29, 1.82) is 0 Å². The smallest absolute Gasteiger partial charge is 0.174 e. The number of ether oxygens (including phenoxy) is 3. The maximum absolute atomic E-state index is 6.68. The zero-order chi connectivity index (χ0) is 28.1. The second-order valence-corrected chi connectivity index (χ2v) is 11.0. The summed E-state index contributed by atoms with van der Waals surface area (Å²) in [5.41, 5.74) is 5.56. The van der Waals surface area contributed by atoms with Crippen LogP contribution in [0.25, 0.3) is 0 Å². The largest absolute Gasteiger partial charge is 0.490 e. The Kier molecular flexibility index (Phi) is 9.59. The second kappa shape index (κ2) is 13.3. The SMILES string of the molecule is COCCOc1ccc(N2C(=S)N[C@H](c3ccccn3)[C@H]2c2cc(C)n(CCCN3CCOCC3)c2C)cc1Cl. The van der Waals surface area contributed by atoms with Crippen LogP contribution >= 0.6 is 23.8 Å². The first-order valence-corrected chi connectivity index (χ1v) is 14.6. The quantitative estimate of drug-likeness (QED) is 0.248. The van der Waals surface area contributed by atoms with Crippen molar-refractivity contribution >= 4 is 34.6 Å². The highest BCUT2D eigenvalue weighted by atomic mass is 35.5. The molecule has 1 aromatic carbocycles. The van der Waals surface area contributed by atoms with E-state index in [1.807, 2.05) is 36.5 Å². The summed E-state index contributed by atoms with van der Waals surface area (Å²) in [6.45, 7) is 11.1. The standard InChI is InChI=1S/C30H38ClN5O3S/c1-21-19-24(22(2)35(21)12-6-11-34-13-15-38-16-14-34)29-28(26-7-4-5-10-32-26)33-30(40)36(29)23-8-9-27(25(31)20-23)39-18-17-37-3/h4-5,7-10,19-20,28-29H,6,11-18H2,1-3H3,(H,33,40)/t28-,29-/m1/s1. The van der Waals surface area contributed by atoms with E-state index in [0.717, 1.165) is 57.2 Å². The van der Waals surface area contributed by atoms with E-state index in [4.69, 9.17) is 43.0 Å². The Bertz CT molecular complexity index is 1300. The summed E-state index contributed by atoms with van der Waals surface area (Å²) in [6.07, 6.45) is 2.92. The van der Waals surface area contributed by atoms with Crippen LogP contribution in [0, 0.1) is 13.8 Å². The van der Waals surface area contributed by atoms with Crippen molar-refractivity contribution in [3.8, 4) is 5.75 Å². The van der Waals surface area contributed by atoms with Crippen LogP contribution in [0.5, 0.6) is 5.75 Å². The average molecular weight is 584 g/mol. The van der Waals surface area contributed by atoms with Gasteiger partial charge in [0.25, 0.3) is 0 Å². The molecule has 0 unspecified atom stereocenters. The molecule has 40 heavy (non-hydrogen) atoms. The molecule has 2 atom stereocenters. The van der Waals surface area contributed by atoms with Gasteiger partial charge in [-0.15, -0.1) is 0 Å². The van der Waals surface area contributed by atoms with Crippen LogP contribution < -0.4 is 15.0 Å². The number of rotatable bonds is 11. The first kappa shape index (κ1) is 28.8.